The zero-order chi connectivity index (χ0) is 12.3. The van der Waals surface area contributed by atoms with E-state index in [0.29, 0.717) is 5.02 Å². The SMILES string of the molecule is Cc1ccc(C(C)Nc2cnccc2Cl)cc1. The number of pyridine rings is 1. The summed E-state index contributed by atoms with van der Waals surface area (Å²) in [5.74, 6) is 0. The zero-order valence-electron chi connectivity index (χ0n) is 9.94. The molecular formula is C14H15ClN2. The predicted molar refractivity (Wildman–Crippen MR) is 72.5 cm³/mol. The van der Waals surface area contributed by atoms with Crippen molar-refractivity contribution in [3.63, 3.8) is 0 Å². The highest BCUT2D eigenvalue weighted by Crippen LogP contribution is 2.24. The Kier molecular flexibility index (Phi) is 3.64. The summed E-state index contributed by atoms with van der Waals surface area (Å²) in [7, 11) is 0. The number of anilines is 1. The second kappa shape index (κ2) is 5.19. The van der Waals surface area contributed by atoms with Crippen LogP contribution in [0.2, 0.25) is 5.02 Å². The molecule has 0 aliphatic carbocycles. The van der Waals surface area contributed by atoms with E-state index < -0.39 is 0 Å². The van der Waals surface area contributed by atoms with E-state index in [-0.39, 0.29) is 6.04 Å². The zero-order valence-corrected chi connectivity index (χ0v) is 10.7. The van der Waals surface area contributed by atoms with E-state index in [9.17, 15) is 0 Å². The lowest BCUT2D eigenvalue weighted by molar-refractivity contribution is 0.882. The van der Waals surface area contributed by atoms with Crippen molar-refractivity contribution in [1.29, 1.82) is 0 Å². The Balaban J connectivity index is 2.14. The van der Waals surface area contributed by atoms with Crippen LogP contribution in [0, 0.1) is 6.92 Å². The van der Waals surface area contributed by atoms with Crippen molar-refractivity contribution in [2.45, 2.75) is 19.9 Å². The Hall–Kier alpha value is -1.54. The molecule has 2 rings (SSSR count). The summed E-state index contributed by atoms with van der Waals surface area (Å²) in [6, 6.07) is 10.5. The minimum absolute atomic E-state index is 0.206. The van der Waals surface area contributed by atoms with Gasteiger partial charge in [-0.2, -0.15) is 0 Å². The smallest absolute Gasteiger partial charge is 0.0720 e. The first-order valence-electron chi connectivity index (χ1n) is 5.59. The van der Waals surface area contributed by atoms with Crippen molar-refractivity contribution >= 4 is 17.3 Å². The van der Waals surface area contributed by atoms with Crippen LogP contribution in [-0.4, -0.2) is 4.98 Å². The molecule has 1 aromatic heterocycles. The number of nitrogens with one attached hydrogen (secondary N) is 1. The molecule has 0 radical (unpaired) electrons. The molecule has 0 spiro atoms. The second-order valence-electron chi connectivity index (χ2n) is 4.13. The third kappa shape index (κ3) is 2.98. The summed E-state index contributed by atoms with van der Waals surface area (Å²) in [6.45, 7) is 4.19. The summed E-state index contributed by atoms with van der Waals surface area (Å²) in [5.41, 5.74) is 3.36. The van der Waals surface area contributed by atoms with Crippen LogP contribution in [-0.2, 0) is 0 Å². The number of aryl methyl sites for hydroxylation is 1. The number of halogens is 1. The Morgan fingerprint density at radius 3 is 2.53 bits per heavy atom. The molecule has 3 heteroatoms. The molecule has 1 N–H and O–H groups in total. The molecule has 0 aliphatic heterocycles. The van der Waals surface area contributed by atoms with Gasteiger partial charge in [0.25, 0.3) is 0 Å². The Morgan fingerprint density at radius 2 is 1.88 bits per heavy atom. The van der Waals surface area contributed by atoms with Gasteiger partial charge < -0.3 is 5.32 Å². The lowest BCUT2D eigenvalue weighted by Gasteiger charge is -2.16. The summed E-state index contributed by atoms with van der Waals surface area (Å²) in [4.78, 5) is 4.06. The molecule has 1 unspecified atom stereocenters. The lowest BCUT2D eigenvalue weighted by Crippen LogP contribution is -2.07. The van der Waals surface area contributed by atoms with E-state index in [1.165, 1.54) is 11.1 Å². The van der Waals surface area contributed by atoms with Gasteiger partial charge in [-0.1, -0.05) is 41.4 Å². The van der Waals surface area contributed by atoms with Gasteiger partial charge in [0.15, 0.2) is 0 Å². The van der Waals surface area contributed by atoms with Gasteiger partial charge >= 0.3 is 0 Å². The quantitative estimate of drug-likeness (QED) is 0.877. The van der Waals surface area contributed by atoms with Gasteiger partial charge in [-0.3, -0.25) is 4.98 Å². The molecule has 0 saturated carbocycles. The summed E-state index contributed by atoms with van der Waals surface area (Å²) in [5, 5.41) is 4.04. The maximum absolute atomic E-state index is 6.08. The molecule has 2 nitrogen and oxygen atoms in total. The van der Waals surface area contributed by atoms with Crippen LogP contribution >= 0.6 is 11.6 Å². The number of hydrogen-bond donors (Lipinski definition) is 1. The van der Waals surface area contributed by atoms with Crippen LogP contribution in [0.4, 0.5) is 5.69 Å². The van der Waals surface area contributed by atoms with Gasteiger partial charge in [-0.25, -0.2) is 0 Å². The Morgan fingerprint density at radius 1 is 1.18 bits per heavy atom. The number of aromatic nitrogens is 1. The van der Waals surface area contributed by atoms with Gasteiger partial charge in [-0.15, -0.1) is 0 Å². The number of hydrogen-bond acceptors (Lipinski definition) is 2. The van der Waals surface area contributed by atoms with E-state index >= 15 is 0 Å². The number of nitrogens with zero attached hydrogens (tertiary/aromatic N) is 1. The first kappa shape index (κ1) is 11.9. The van der Waals surface area contributed by atoms with E-state index in [1.807, 2.05) is 0 Å². The predicted octanol–water partition coefficient (Wildman–Crippen LogP) is 4.22. The number of benzene rings is 1. The molecule has 0 aliphatic rings. The molecule has 1 aromatic carbocycles. The minimum atomic E-state index is 0.206. The van der Waals surface area contributed by atoms with Gasteiger partial charge in [0.05, 0.1) is 16.9 Å². The average Bonchev–Trinajstić information content (AvgIpc) is 2.33. The van der Waals surface area contributed by atoms with Gasteiger partial charge in [0.1, 0.15) is 0 Å². The molecule has 1 heterocycles. The van der Waals surface area contributed by atoms with E-state index in [4.69, 9.17) is 11.6 Å². The van der Waals surface area contributed by atoms with E-state index in [0.717, 1.165) is 5.69 Å². The van der Waals surface area contributed by atoms with Crippen LogP contribution in [0.1, 0.15) is 24.1 Å². The fraction of sp³-hybridized carbons (Fsp3) is 0.214. The maximum atomic E-state index is 6.08. The Labute approximate surface area is 107 Å². The second-order valence-corrected chi connectivity index (χ2v) is 4.54. The van der Waals surface area contributed by atoms with Crippen LogP contribution in [0.3, 0.4) is 0 Å². The standard InChI is InChI=1S/C14H15ClN2/c1-10-3-5-12(6-4-10)11(2)17-14-9-16-8-7-13(14)15/h3-9,11,17H,1-2H3. The topological polar surface area (TPSA) is 24.9 Å². The average molecular weight is 247 g/mol. The van der Waals surface area contributed by atoms with Crippen molar-refractivity contribution in [2.75, 3.05) is 5.32 Å². The fourth-order valence-corrected chi connectivity index (χ4v) is 1.82. The van der Waals surface area contributed by atoms with Crippen LogP contribution in [0.15, 0.2) is 42.7 Å². The molecule has 0 bridgehead atoms. The molecule has 0 fully saturated rings. The third-order valence-electron chi connectivity index (χ3n) is 2.72. The molecule has 2 aromatic rings. The van der Waals surface area contributed by atoms with Gasteiger partial charge in [0, 0.05) is 12.2 Å². The van der Waals surface area contributed by atoms with Crippen molar-refractivity contribution in [1.82, 2.24) is 4.98 Å². The molecule has 88 valence electrons. The molecular weight excluding hydrogens is 232 g/mol. The van der Waals surface area contributed by atoms with Crippen molar-refractivity contribution in [3.8, 4) is 0 Å². The largest absolute Gasteiger partial charge is 0.376 e. The summed E-state index contributed by atoms with van der Waals surface area (Å²) >= 11 is 6.08. The lowest BCUT2D eigenvalue weighted by atomic mass is 10.1. The first-order chi connectivity index (χ1) is 8.16. The third-order valence-corrected chi connectivity index (χ3v) is 3.05. The molecule has 0 amide bonds. The maximum Gasteiger partial charge on any atom is 0.0720 e. The monoisotopic (exact) mass is 246 g/mol. The van der Waals surface area contributed by atoms with Crippen molar-refractivity contribution in [3.05, 3.63) is 58.9 Å². The highest BCUT2D eigenvalue weighted by atomic mass is 35.5. The fourth-order valence-electron chi connectivity index (χ4n) is 1.66. The van der Waals surface area contributed by atoms with E-state index in [1.54, 1.807) is 18.5 Å². The Bertz CT molecular complexity index is 494. The normalized spacial score (nSPS) is 12.2. The highest BCUT2D eigenvalue weighted by Gasteiger charge is 2.07. The number of rotatable bonds is 3. The van der Waals surface area contributed by atoms with Crippen LogP contribution < -0.4 is 5.32 Å². The molecule has 0 saturated heterocycles. The van der Waals surface area contributed by atoms with Gasteiger partial charge in [-0.05, 0) is 25.5 Å². The van der Waals surface area contributed by atoms with Crippen molar-refractivity contribution in [2.24, 2.45) is 0 Å². The first-order valence-corrected chi connectivity index (χ1v) is 5.97. The van der Waals surface area contributed by atoms with Crippen molar-refractivity contribution < 1.29 is 0 Å². The molecule has 1 atom stereocenters. The minimum Gasteiger partial charge on any atom is -0.376 e. The molecule has 17 heavy (non-hydrogen) atoms. The highest BCUT2D eigenvalue weighted by molar-refractivity contribution is 6.33. The van der Waals surface area contributed by atoms with E-state index in [2.05, 4.69) is 48.4 Å². The summed E-state index contributed by atoms with van der Waals surface area (Å²) in [6.07, 6.45) is 3.43. The van der Waals surface area contributed by atoms with Crippen LogP contribution in [0.5, 0.6) is 0 Å². The van der Waals surface area contributed by atoms with Gasteiger partial charge in [0.2, 0.25) is 0 Å². The summed E-state index contributed by atoms with van der Waals surface area (Å²) < 4.78 is 0. The van der Waals surface area contributed by atoms with Crippen LogP contribution in [0.25, 0.3) is 0 Å².